The smallest absolute Gasteiger partial charge is 0.237 e. The lowest BCUT2D eigenvalue weighted by Gasteiger charge is -2.39. The van der Waals surface area contributed by atoms with Crippen LogP contribution in [0.4, 0.5) is 0 Å². The fourth-order valence-electron chi connectivity index (χ4n) is 3.74. The molecule has 0 aromatic rings. The first-order valence-electron chi connectivity index (χ1n) is 8.13. The van der Waals surface area contributed by atoms with Crippen LogP contribution in [0.15, 0.2) is 0 Å². The minimum atomic E-state index is -0.625. The van der Waals surface area contributed by atoms with Crippen molar-refractivity contribution in [1.82, 2.24) is 10.2 Å². The third-order valence-corrected chi connectivity index (χ3v) is 4.58. The molecule has 0 spiro atoms. The minimum Gasteiger partial charge on any atom is -0.368 e. The van der Waals surface area contributed by atoms with Crippen LogP contribution in [0.25, 0.3) is 0 Å². The molecule has 3 N–H and O–H groups in total. The van der Waals surface area contributed by atoms with E-state index in [1.807, 2.05) is 6.92 Å². The second-order valence-electron chi connectivity index (χ2n) is 6.82. The highest BCUT2D eigenvalue weighted by molar-refractivity contribution is 5.84. The molecule has 0 aromatic heterocycles. The van der Waals surface area contributed by atoms with Crippen LogP contribution >= 0.6 is 0 Å². The van der Waals surface area contributed by atoms with Gasteiger partial charge in [0.05, 0.1) is 5.54 Å². The molecule has 1 aliphatic rings. The predicted molar refractivity (Wildman–Crippen MR) is 84.6 cm³/mol. The number of rotatable bonds is 8. The molecule has 0 radical (unpaired) electrons. The van der Waals surface area contributed by atoms with Gasteiger partial charge in [-0.05, 0) is 53.5 Å². The quantitative estimate of drug-likeness (QED) is 0.718. The van der Waals surface area contributed by atoms with Crippen LogP contribution in [0, 0.1) is 0 Å². The van der Waals surface area contributed by atoms with E-state index in [2.05, 4.69) is 37.9 Å². The number of carbonyl (C=O) groups is 1. The summed E-state index contributed by atoms with van der Waals surface area (Å²) in [6, 6.07) is 1.30. The molecule has 4 nitrogen and oxygen atoms in total. The maximum absolute atomic E-state index is 11.9. The molecule has 1 saturated carbocycles. The van der Waals surface area contributed by atoms with Gasteiger partial charge in [-0.3, -0.25) is 9.69 Å². The minimum absolute atomic E-state index is 0.250. The Morgan fingerprint density at radius 1 is 1.35 bits per heavy atom. The highest BCUT2D eigenvalue weighted by Crippen LogP contribution is 2.27. The van der Waals surface area contributed by atoms with Gasteiger partial charge in [0.25, 0.3) is 0 Å². The van der Waals surface area contributed by atoms with Gasteiger partial charge in [0, 0.05) is 18.1 Å². The van der Waals surface area contributed by atoms with E-state index in [0.29, 0.717) is 12.1 Å². The average molecular weight is 283 g/mol. The molecular weight excluding hydrogens is 250 g/mol. The van der Waals surface area contributed by atoms with E-state index >= 15 is 0 Å². The van der Waals surface area contributed by atoms with Crippen molar-refractivity contribution < 1.29 is 4.79 Å². The Hall–Kier alpha value is -0.610. The van der Waals surface area contributed by atoms with Gasteiger partial charge < -0.3 is 11.1 Å². The summed E-state index contributed by atoms with van der Waals surface area (Å²) in [6.45, 7) is 11.5. The lowest BCUT2D eigenvalue weighted by Crippen LogP contribution is -2.58. The van der Waals surface area contributed by atoms with Crippen LogP contribution in [0.1, 0.15) is 66.7 Å². The van der Waals surface area contributed by atoms with Gasteiger partial charge in [0.2, 0.25) is 5.91 Å². The second-order valence-corrected chi connectivity index (χ2v) is 6.82. The van der Waals surface area contributed by atoms with E-state index in [1.165, 1.54) is 25.7 Å². The lowest BCUT2D eigenvalue weighted by atomic mass is 9.90. The van der Waals surface area contributed by atoms with Gasteiger partial charge in [0.15, 0.2) is 0 Å². The molecular formula is C16H33N3O. The molecule has 1 rings (SSSR count). The molecule has 0 aliphatic heterocycles. The summed E-state index contributed by atoms with van der Waals surface area (Å²) in [7, 11) is 0. The third kappa shape index (κ3) is 4.45. The molecule has 1 amide bonds. The van der Waals surface area contributed by atoms with Crippen molar-refractivity contribution in [2.45, 2.75) is 90.4 Å². The van der Waals surface area contributed by atoms with E-state index in [4.69, 9.17) is 5.73 Å². The van der Waals surface area contributed by atoms with Crippen LogP contribution in [0.2, 0.25) is 0 Å². The average Bonchev–Trinajstić information content (AvgIpc) is 2.82. The van der Waals surface area contributed by atoms with Crippen LogP contribution in [-0.4, -0.2) is 41.0 Å². The van der Waals surface area contributed by atoms with Crippen molar-refractivity contribution in [1.29, 1.82) is 0 Å². The second kappa shape index (κ2) is 7.41. The van der Waals surface area contributed by atoms with Crippen molar-refractivity contribution in [2.75, 3.05) is 6.54 Å². The number of nitrogens with one attached hydrogen (secondary N) is 1. The molecule has 2 unspecified atom stereocenters. The molecule has 118 valence electrons. The summed E-state index contributed by atoms with van der Waals surface area (Å²) < 4.78 is 0. The number of amides is 1. The molecule has 0 saturated heterocycles. The molecule has 1 aliphatic carbocycles. The van der Waals surface area contributed by atoms with E-state index in [-0.39, 0.29) is 11.9 Å². The Morgan fingerprint density at radius 2 is 1.90 bits per heavy atom. The molecule has 0 bridgehead atoms. The molecule has 2 atom stereocenters. The molecule has 20 heavy (non-hydrogen) atoms. The highest BCUT2D eigenvalue weighted by atomic mass is 16.1. The third-order valence-electron chi connectivity index (χ3n) is 4.58. The van der Waals surface area contributed by atoms with Gasteiger partial charge in [-0.2, -0.15) is 0 Å². The van der Waals surface area contributed by atoms with E-state index in [9.17, 15) is 4.79 Å². The zero-order valence-corrected chi connectivity index (χ0v) is 13.9. The number of hydrogen-bond donors (Lipinski definition) is 2. The van der Waals surface area contributed by atoms with Gasteiger partial charge in [-0.1, -0.05) is 19.8 Å². The van der Waals surface area contributed by atoms with E-state index in [0.717, 1.165) is 13.0 Å². The monoisotopic (exact) mass is 283 g/mol. The first kappa shape index (κ1) is 17.4. The normalized spacial score (nSPS) is 21.4. The van der Waals surface area contributed by atoms with Crippen LogP contribution < -0.4 is 11.1 Å². The van der Waals surface area contributed by atoms with Gasteiger partial charge >= 0.3 is 0 Å². The number of nitrogens with two attached hydrogens (primary N) is 1. The van der Waals surface area contributed by atoms with Crippen molar-refractivity contribution in [2.24, 2.45) is 5.73 Å². The maximum Gasteiger partial charge on any atom is 0.237 e. The number of primary amides is 1. The largest absolute Gasteiger partial charge is 0.368 e. The summed E-state index contributed by atoms with van der Waals surface area (Å²) in [5.74, 6) is -0.250. The summed E-state index contributed by atoms with van der Waals surface area (Å²) in [6.07, 6.45) is 6.04. The summed E-state index contributed by atoms with van der Waals surface area (Å²) in [5, 5.41) is 3.35. The zero-order valence-electron chi connectivity index (χ0n) is 13.9. The molecule has 0 aromatic carbocycles. The van der Waals surface area contributed by atoms with Crippen molar-refractivity contribution in [3.05, 3.63) is 0 Å². The highest BCUT2D eigenvalue weighted by Gasteiger charge is 2.36. The lowest BCUT2D eigenvalue weighted by molar-refractivity contribution is -0.125. The first-order chi connectivity index (χ1) is 9.30. The number of carbonyl (C=O) groups excluding carboxylic acids is 1. The van der Waals surface area contributed by atoms with Crippen LogP contribution in [-0.2, 0) is 4.79 Å². The summed E-state index contributed by atoms with van der Waals surface area (Å²) in [4.78, 5) is 14.4. The summed E-state index contributed by atoms with van der Waals surface area (Å²) >= 11 is 0. The Morgan fingerprint density at radius 3 is 2.30 bits per heavy atom. The Bertz CT molecular complexity index is 313. The van der Waals surface area contributed by atoms with Gasteiger partial charge in [-0.15, -0.1) is 0 Å². The number of hydrogen-bond acceptors (Lipinski definition) is 3. The maximum atomic E-state index is 11.9. The Kier molecular flexibility index (Phi) is 6.46. The van der Waals surface area contributed by atoms with Crippen LogP contribution in [0.5, 0.6) is 0 Å². The summed E-state index contributed by atoms with van der Waals surface area (Å²) in [5.41, 5.74) is 5.02. The SMILES string of the molecule is CCN(C(C)CC(C)(NC(C)C)C(N)=O)C1CCCC1. The predicted octanol–water partition coefficient (Wildman–Crippen LogP) is 2.27. The van der Waals surface area contributed by atoms with Crippen LogP contribution in [0.3, 0.4) is 0 Å². The van der Waals surface area contributed by atoms with E-state index < -0.39 is 5.54 Å². The standard InChI is InChI=1S/C16H33N3O/c1-6-19(14-9-7-8-10-14)13(4)11-16(5,15(17)20)18-12(2)3/h12-14,18H,6-11H2,1-5H3,(H2,17,20). The Balaban J connectivity index is 2.72. The van der Waals surface area contributed by atoms with Crippen molar-refractivity contribution in [3.63, 3.8) is 0 Å². The van der Waals surface area contributed by atoms with Crippen molar-refractivity contribution >= 4 is 5.91 Å². The molecule has 1 fully saturated rings. The molecule has 0 heterocycles. The molecule has 4 heteroatoms. The fraction of sp³-hybridized carbons (Fsp3) is 0.938. The van der Waals surface area contributed by atoms with E-state index in [1.54, 1.807) is 0 Å². The topological polar surface area (TPSA) is 58.4 Å². The Labute approximate surface area is 124 Å². The first-order valence-corrected chi connectivity index (χ1v) is 8.13. The van der Waals surface area contributed by atoms with Gasteiger partial charge in [0.1, 0.15) is 0 Å². The van der Waals surface area contributed by atoms with Crippen molar-refractivity contribution in [3.8, 4) is 0 Å². The zero-order chi connectivity index (χ0) is 15.3. The fourth-order valence-corrected chi connectivity index (χ4v) is 3.74. The number of nitrogens with zero attached hydrogens (tertiary/aromatic N) is 1. The van der Waals surface area contributed by atoms with Gasteiger partial charge in [-0.25, -0.2) is 0 Å².